The Bertz CT molecular complexity index is 164. The SMILES string of the molecule is CCCCC(C)NCC1(CO)CCCC1. The second kappa shape index (κ2) is 6.49. The molecule has 1 aliphatic rings. The van der Waals surface area contributed by atoms with E-state index in [2.05, 4.69) is 19.2 Å². The molecule has 0 aromatic carbocycles. The molecule has 90 valence electrons. The van der Waals surface area contributed by atoms with E-state index >= 15 is 0 Å². The smallest absolute Gasteiger partial charge is 0.0499 e. The third-order valence-electron chi connectivity index (χ3n) is 3.82. The maximum Gasteiger partial charge on any atom is 0.0499 e. The summed E-state index contributed by atoms with van der Waals surface area (Å²) in [5.74, 6) is 0. The standard InChI is InChI=1S/C13H27NO/c1-3-4-7-12(2)14-10-13(11-15)8-5-6-9-13/h12,14-15H,3-11H2,1-2H3. The monoisotopic (exact) mass is 213 g/mol. The fourth-order valence-electron chi connectivity index (χ4n) is 2.52. The van der Waals surface area contributed by atoms with Gasteiger partial charge in [-0.1, -0.05) is 32.6 Å². The Morgan fingerprint density at radius 1 is 1.33 bits per heavy atom. The lowest BCUT2D eigenvalue weighted by Gasteiger charge is -2.28. The first kappa shape index (κ1) is 13.0. The molecule has 0 aromatic rings. The summed E-state index contributed by atoms with van der Waals surface area (Å²) in [7, 11) is 0. The van der Waals surface area contributed by atoms with Crippen LogP contribution < -0.4 is 5.32 Å². The Morgan fingerprint density at radius 2 is 2.00 bits per heavy atom. The van der Waals surface area contributed by atoms with Crippen LogP contribution >= 0.6 is 0 Å². The van der Waals surface area contributed by atoms with E-state index in [1.54, 1.807) is 0 Å². The Kier molecular flexibility index (Phi) is 5.62. The van der Waals surface area contributed by atoms with Crippen LogP contribution in [0.1, 0.15) is 58.8 Å². The van der Waals surface area contributed by atoms with Crippen molar-refractivity contribution in [2.24, 2.45) is 5.41 Å². The molecule has 0 spiro atoms. The molecule has 0 aliphatic heterocycles. The number of hydrogen-bond donors (Lipinski definition) is 2. The zero-order valence-electron chi connectivity index (χ0n) is 10.4. The van der Waals surface area contributed by atoms with Gasteiger partial charge >= 0.3 is 0 Å². The maximum absolute atomic E-state index is 9.47. The molecule has 1 atom stereocenters. The third-order valence-corrected chi connectivity index (χ3v) is 3.82. The van der Waals surface area contributed by atoms with Crippen LogP contribution in [0.4, 0.5) is 0 Å². The van der Waals surface area contributed by atoms with Gasteiger partial charge in [-0.15, -0.1) is 0 Å². The minimum Gasteiger partial charge on any atom is -0.396 e. The van der Waals surface area contributed by atoms with Crippen LogP contribution in [0.3, 0.4) is 0 Å². The van der Waals surface area contributed by atoms with Crippen molar-refractivity contribution in [3.63, 3.8) is 0 Å². The average molecular weight is 213 g/mol. The maximum atomic E-state index is 9.47. The molecule has 0 saturated heterocycles. The van der Waals surface area contributed by atoms with E-state index in [4.69, 9.17) is 0 Å². The quantitative estimate of drug-likeness (QED) is 0.681. The van der Waals surface area contributed by atoms with Gasteiger partial charge in [0, 0.05) is 24.6 Å². The van der Waals surface area contributed by atoms with Gasteiger partial charge in [0.25, 0.3) is 0 Å². The predicted molar refractivity (Wildman–Crippen MR) is 65.0 cm³/mol. The minimum absolute atomic E-state index is 0.209. The highest BCUT2D eigenvalue weighted by molar-refractivity contribution is 4.86. The Hall–Kier alpha value is -0.0800. The van der Waals surface area contributed by atoms with Crippen LogP contribution in [-0.2, 0) is 0 Å². The summed E-state index contributed by atoms with van der Waals surface area (Å²) in [4.78, 5) is 0. The molecule has 0 amide bonds. The summed E-state index contributed by atoms with van der Waals surface area (Å²) in [5.41, 5.74) is 0.209. The van der Waals surface area contributed by atoms with E-state index < -0.39 is 0 Å². The van der Waals surface area contributed by atoms with E-state index in [1.807, 2.05) is 0 Å². The number of unbranched alkanes of at least 4 members (excludes halogenated alkanes) is 1. The average Bonchev–Trinajstić information content (AvgIpc) is 2.73. The molecular weight excluding hydrogens is 186 g/mol. The van der Waals surface area contributed by atoms with Gasteiger partial charge in [-0.3, -0.25) is 0 Å². The molecule has 2 heteroatoms. The lowest BCUT2D eigenvalue weighted by atomic mass is 9.87. The van der Waals surface area contributed by atoms with Crippen LogP contribution in [0.2, 0.25) is 0 Å². The van der Waals surface area contributed by atoms with Crippen molar-refractivity contribution in [1.29, 1.82) is 0 Å². The fraction of sp³-hybridized carbons (Fsp3) is 1.00. The summed E-state index contributed by atoms with van der Waals surface area (Å²) in [5, 5.41) is 13.1. The van der Waals surface area contributed by atoms with E-state index in [9.17, 15) is 5.11 Å². The molecule has 1 unspecified atom stereocenters. The highest BCUT2D eigenvalue weighted by Gasteiger charge is 2.32. The molecule has 2 nitrogen and oxygen atoms in total. The van der Waals surface area contributed by atoms with Crippen LogP contribution in [0.25, 0.3) is 0 Å². The number of nitrogens with one attached hydrogen (secondary N) is 1. The summed E-state index contributed by atoms with van der Waals surface area (Å²) in [6.45, 7) is 5.86. The number of aliphatic hydroxyl groups excluding tert-OH is 1. The molecule has 0 radical (unpaired) electrons. The first-order valence-corrected chi connectivity index (χ1v) is 6.57. The Balaban J connectivity index is 2.21. The number of hydrogen-bond acceptors (Lipinski definition) is 2. The molecule has 1 saturated carbocycles. The van der Waals surface area contributed by atoms with E-state index in [-0.39, 0.29) is 5.41 Å². The zero-order chi connectivity index (χ0) is 11.1. The summed E-state index contributed by atoms with van der Waals surface area (Å²) < 4.78 is 0. The number of aliphatic hydroxyl groups is 1. The molecular formula is C13H27NO. The van der Waals surface area contributed by atoms with Gasteiger partial charge in [-0.05, 0) is 26.2 Å². The molecule has 1 rings (SSSR count). The van der Waals surface area contributed by atoms with Crippen molar-refractivity contribution in [2.45, 2.75) is 64.8 Å². The first-order valence-electron chi connectivity index (χ1n) is 6.57. The van der Waals surface area contributed by atoms with Crippen LogP contribution in [-0.4, -0.2) is 24.3 Å². The normalized spacial score (nSPS) is 21.8. The molecule has 0 aromatic heterocycles. The second-order valence-electron chi connectivity index (χ2n) is 5.29. The van der Waals surface area contributed by atoms with Crippen LogP contribution in [0.15, 0.2) is 0 Å². The summed E-state index contributed by atoms with van der Waals surface area (Å²) in [6, 6.07) is 0.606. The number of rotatable bonds is 7. The van der Waals surface area contributed by atoms with Gasteiger partial charge in [0.1, 0.15) is 0 Å². The molecule has 15 heavy (non-hydrogen) atoms. The molecule has 1 fully saturated rings. The van der Waals surface area contributed by atoms with Crippen LogP contribution in [0.5, 0.6) is 0 Å². The van der Waals surface area contributed by atoms with Crippen LogP contribution in [0, 0.1) is 5.41 Å². The van der Waals surface area contributed by atoms with E-state index in [0.717, 1.165) is 6.54 Å². The summed E-state index contributed by atoms with van der Waals surface area (Å²) >= 11 is 0. The molecule has 0 bridgehead atoms. The molecule has 0 heterocycles. The van der Waals surface area contributed by atoms with Gasteiger partial charge in [0.15, 0.2) is 0 Å². The summed E-state index contributed by atoms with van der Waals surface area (Å²) in [6.07, 6.45) is 8.85. The van der Waals surface area contributed by atoms with Crippen molar-refractivity contribution in [2.75, 3.05) is 13.2 Å². The van der Waals surface area contributed by atoms with Crippen molar-refractivity contribution in [3.8, 4) is 0 Å². The Morgan fingerprint density at radius 3 is 2.53 bits per heavy atom. The van der Waals surface area contributed by atoms with Crippen molar-refractivity contribution in [1.82, 2.24) is 5.32 Å². The highest BCUT2D eigenvalue weighted by atomic mass is 16.3. The largest absolute Gasteiger partial charge is 0.396 e. The third kappa shape index (κ3) is 4.12. The van der Waals surface area contributed by atoms with E-state index in [0.29, 0.717) is 12.6 Å². The van der Waals surface area contributed by atoms with Gasteiger partial charge in [0.2, 0.25) is 0 Å². The van der Waals surface area contributed by atoms with Gasteiger partial charge in [0.05, 0.1) is 0 Å². The van der Waals surface area contributed by atoms with Crippen molar-refractivity contribution < 1.29 is 5.11 Å². The Labute approximate surface area is 94.5 Å². The zero-order valence-corrected chi connectivity index (χ0v) is 10.4. The van der Waals surface area contributed by atoms with Gasteiger partial charge in [-0.2, -0.15) is 0 Å². The second-order valence-corrected chi connectivity index (χ2v) is 5.29. The lowest BCUT2D eigenvalue weighted by molar-refractivity contribution is 0.125. The minimum atomic E-state index is 0.209. The first-order chi connectivity index (χ1) is 7.22. The lowest BCUT2D eigenvalue weighted by Crippen LogP contribution is -2.39. The topological polar surface area (TPSA) is 32.3 Å². The van der Waals surface area contributed by atoms with E-state index in [1.165, 1.54) is 44.9 Å². The molecule has 1 aliphatic carbocycles. The van der Waals surface area contributed by atoms with Crippen molar-refractivity contribution in [3.05, 3.63) is 0 Å². The van der Waals surface area contributed by atoms with Crippen molar-refractivity contribution >= 4 is 0 Å². The fourth-order valence-corrected chi connectivity index (χ4v) is 2.52. The predicted octanol–water partition coefficient (Wildman–Crippen LogP) is 2.71. The molecule has 2 N–H and O–H groups in total. The van der Waals surface area contributed by atoms with Gasteiger partial charge < -0.3 is 10.4 Å². The highest BCUT2D eigenvalue weighted by Crippen LogP contribution is 2.36. The van der Waals surface area contributed by atoms with Gasteiger partial charge in [-0.25, -0.2) is 0 Å².